The van der Waals surface area contributed by atoms with Crippen LogP contribution in [0.15, 0.2) is 69.6 Å². The van der Waals surface area contributed by atoms with Gasteiger partial charge in [-0.05, 0) is 91.1 Å². The van der Waals surface area contributed by atoms with Gasteiger partial charge < -0.3 is 5.32 Å². The molecule has 0 atom stereocenters. The lowest BCUT2D eigenvalue weighted by atomic mass is 9.99. The highest BCUT2D eigenvalue weighted by atomic mass is 79.9. The van der Waals surface area contributed by atoms with E-state index < -0.39 is 0 Å². The van der Waals surface area contributed by atoms with Gasteiger partial charge in [0, 0.05) is 43.6 Å². The molecule has 0 saturated carbocycles. The molecule has 0 aliphatic rings. The van der Waals surface area contributed by atoms with E-state index in [-0.39, 0.29) is 0 Å². The van der Waals surface area contributed by atoms with Gasteiger partial charge >= 0.3 is 0 Å². The number of halogens is 3. The minimum atomic E-state index is 0.388. The molecule has 10 heteroatoms. The number of fused-ring (bicyclic) bond motifs is 2. The van der Waals surface area contributed by atoms with Crippen molar-refractivity contribution in [2.75, 3.05) is 5.32 Å². The second kappa shape index (κ2) is 17.3. The molecular weight excluding hydrogens is 810 g/mol. The van der Waals surface area contributed by atoms with Crippen molar-refractivity contribution in [1.82, 2.24) is 18.8 Å². The molecule has 0 spiro atoms. The molecule has 0 radical (unpaired) electrons. The number of nitriles is 2. The van der Waals surface area contributed by atoms with Crippen LogP contribution in [-0.2, 0) is 0 Å². The summed E-state index contributed by atoms with van der Waals surface area (Å²) in [5.74, 6) is 1.86. The van der Waals surface area contributed by atoms with Gasteiger partial charge in [-0.15, -0.1) is 0 Å². The molecule has 0 amide bonds. The Kier molecular flexibility index (Phi) is 13.1. The Balaban J connectivity index is 0.000000211. The summed E-state index contributed by atoms with van der Waals surface area (Å²) < 4.78 is 5.68. The van der Waals surface area contributed by atoms with E-state index in [0.717, 1.165) is 79.7 Å². The number of aryl methyl sites for hydroxylation is 2. The van der Waals surface area contributed by atoms with Crippen molar-refractivity contribution in [3.05, 3.63) is 109 Å². The predicted molar refractivity (Wildman–Crippen MR) is 226 cm³/mol. The lowest BCUT2D eigenvalue weighted by molar-refractivity contribution is 0.583. The zero-order chi connectivity index (χ0) is 38.6. The van der Waals surface area contributed by atoms with E-state index in [0.29, 0.717) is 40.1 Å². The van der Waals surface area contributed by atoms with E-state index in [4.69, 9.17) is 16.6 Å². The van der Waals surface area contributed by atoms with E-state index >= 15 is 0 Å². The van der Waals surface area contributed by atoms with Gasteiger partial charge in [-0.3, -0.25) is 8.80 Å². The Hall–Kier alpha value is -4.15. The third-order valence-corrected chi connectivity index (χ3v) is 11.0. The van der Waals surface area contributed by atoms with Gasteiger partial charge in [-0.25, -0.2) is 9.97 Å². The van der Waals surface area contributed by atoms with Gasteiger partial charge in [-0.2, -0.15) is 10.5 Å². The molecule has 0 fully saturated rings. The summed E-state index contributed by atoms with van der Waals surface area (Å²) >= 11 is 13.7. The molecule has 0 bridgehead atoms. The molecule has 4 heterocycles. The fraction of sp³-hybridized carbons (Fsp3) is 0.349. The first-order chi connectivity index (χ1) is 25.3. The van der Waals surface area contributed by atoms with Gasteiger partial charge in [0.15, 0.2) is 0 Å². The molecule has 1 N–H and O–H groups in total. The lowest BCUT2D eigenvalue weighted by Crippen LogP contribution is -2.21. The van der Waals surface area contributed by atoms with E-state index in [1.165, 1.54) is 11.1 Å². The van der Waals surface area contributed by atoms with Gasteiger partial charge in [0.25, 0.3) is 0 Å². The molecule has 7 nitrogen and oxygen atoms in total. The summed E-state index contributed by atoms with van der Waals surface area (Å²) in [4.78, 5) is 9.42. The Morgan fingerprint density at radius 3 is 1.57 bits per heavy atom. The monoisotopic (exact) mass is 853 g/mol. The zero-order valence-electron chi connectivity index (χ0n) is 31.7. The number of benzene rings is 2. The predicted octanol–water partition coefficient (Wildman–Crippen LogP) is 13.2. The number of anilines is 1. The summed E-state index contributed by atoms with van der Waals surface area (Å²) in [5.41, 5.74) is 10.8. The molecule has 0 unspecified atom stereocenters. The average Bonchev–Trinajstić information content (AvgIpc) is 3.67. The van der Waals surface area contributed by atoms with Crippen molar-refractivity contribution in [3.8, 4) is 34.4 Å². The molecule has 6 rings (SSSR count). The average molecular weight is 856 g/mol. The van der Waals surface area contributed by atoms with Crippen LogP contribution in [0, 0.1) is 36.5 Å². The molecule has 0 aliphatic carbocycles. The number of hydrogen-bond acceptors (Lipinski definition) is 5. The minimum absolute atomic E-state index is 0.388. The maximum Gasteiger partial charge on any atom is 0.147 e. The summed E-state index contributed by atoms with van der Waals surface area (Å²) in [5, 5.41) is 23.5. The molecule has 4 aromatic heterocycles. The highest BCUT2D eigenvalue weighted by Gasteiger charge is 2.20. The van der Waals surface area contributed by atoms with Crippen molar-refractivity contribution in [3.63, 3.8) is 0 Å². The summed E-state index contributed by atoms with van der Waals surface area (Å²) in [6.07, 6.45) is 4.47. The maximum absolute atomic E-state index is 9.88. The van der Waals surface area contributed by atoms with E-state index in [2.05, 4.69) is 132 Å². The molecule has 274 valence electrons. The van der Waals surface area contributed by atoms with E-state index in [1.807, 2.05) is 36.4 Å². The first-order valence-corrected chi connectivity index (χ1v) is 20.2. The molecule has 0 saturated heterocycles. The number of nitrogens with one attached hydrogen (secondary N) is 1. The van der Waals surface area contributed by atoms with Crippen LogP contribution in [0.3, 0.4) is 0 Å². The third kappa shape index (κ3) is 8.65. The first-order valence-electron chi connectivity index (χ1n) is 18.2. The minimum Gasteiger partial charge on any atom is -0.368 e. The Morgan fingerprint density at radius 2 is 1.13 bits per heavy atom. The number of aromatic nitrogens is 4. The second-order valence-corrected chi connectivity index (χ2v) is 16.2. The van der Waals surface area contributed by atoms with Gasteiger partial charge in [0.1, 0.15) is 45.8 Å². The first kappa shape index (κ1) is 40.0. The quantitative estimate of drug-likeness (QED) is 0.139. The Bertz CT molecular complexity index is 2350. The fourth-order valence-electron chi connectivity index (χ4n) is 6.66. The fourth-order valence-corrected chi connectivity index (χ4v) is 8.21. The smallest absolute Gasteiger partial charge is 0.147 e. The number of hydrogen-bond donors (Lipinski definition) is 1. The normalized spacial score (nSPS) is 11.3. The van der Waals surface area contributed by atoms with Crippen molar-refractivity contribution in [2.24, 2.45) is 0 Å². The summed E-state index contributed by atoms with van der Waals surface area (Å²) in [6, 6.07) is 25.3. The van der Waals surface area contributed by atoms with Crippen LogP contribution in [0.25, 0.3) is 33.5 Å². The highest BCUT2D eigenvalue weighted by molar-refractivity contribution is 9.11. The van der Waals surface area contributed by atoms with Gasteiger partial charge in [-0.1, -0.05) is 122 Å². The lowest BCUT2D eigenvalue weighted by Gasteiger charge is -2.20. The van der Waals surface area contributed by atoms with Crippen molar-refractivity contribution in [1.29, 1.82) is 10.5 Å². The van der Waals surface area contributed by atoms with Crippen LogP contribution in [0.5, 0.6) is 0 Å². The number of rotatable bonds is 10. The van der Waals surface area contributed by atoms with Crippen molar-refractivity contribution >= 4 is 60.6 Å². The van der Waals surface area contributed by atoms with Crippen LogP contribution in [0.2, 0.25) is 5.15 Å². The van der Waals surface area contributed by atoms with Crippen molar-refractivity contribution < 1.29 is 0 Å². The molecule has 6 aromatic rings. The molecule has 0 aliphatic heterocycles. The van der Waals surface area contributed by atoms with Crippen LogP contribution in [-0.4, -0.2) is 24.8 Å². The topological polar surface area (TPSA) is 94.2 Å². The highest BCUT2D eigenvalue weighted by Crippen LogP contribution is 2.38. The van der Waals surface area contributed by atoms with Crippen LogP contribution in [0.4, 0.5) is 5.82 Å². The zero-order valence-corrected chi connectivity index (χ0v) is 35.6. The molecular formula is C43H46Br2ClN7. The largest absolute Gasteiger partial charge is 0.368 e. The third-order valence-electron chi connectivity index (χ3n) is 9.40. The summed E-state index contributed by atoms with van der Waals surface area (Å²) in [7, 11) is 0. The van der Waals surface area contributed by atoms with Gasteiger partial charge in [0.05, 0.1) is 0 Å². The van der Waals surface area contributed by atoms with E-state index in [9.17, 15) is 10.5 Å². The molecule has 2 aromatic carbocycles. The van der Waals surface area contributed by atoms with Gasteiger partial charge in [0.2, 0.25) is 0 Å². The molecule has 53 heavy (non-hydrogen) atoms. The van der Waals surface area contributed by atoms with Crippen LogP contribution >= 0.6 is 43.5 Å². The standard InChI is InChI=1S/C25H31BrN4.C18H15BrClN3/c1-6-8-19(9-7-2)29-24-12-17(5)28-25-22(14-20(15-27)30(24)25)21-11-10-18(16(3)4)13-23(21)26;1-10(2)12-4-5-14(16(19)7-12)15-8-13(9-21)23-17(20)6-11(3)22-18(15)23/h10-14,16,19,29H,6-9H2,1-5H3;4-8,10H,1-3H3. The Morgan fingerprint density at radius 1 is 0.679 bits per heavy atom. The van der Waals surface area contributed by atoms with E-state index in [1.54, 1.807) is 10.5 Å². The SMILES string of the molecule is CCCC(CCC)Nc1cc(C)nc2c(-c3ccc(C(C)C)cc3Br)cc(C#N)n12.Cc1cc(Cl)n2c(C#N)cc(-c3ccc(C(C)C)cc3Br)c2n1. The van der Waals surface area contributed by atoms with Crippen LogP contribution < -0.4 is 5.32 Å². The number of nitrogens with zero attached hydrogens (tertiary/aromatic N) is 6. The maximum atomic E-state index is 9.88. The summed E-state index contributed by atoms with van der Waals surface area (Å²) in [6.45, 7) is 17.0. The Labute approximate surface area is 335 Å². The van der Waals surface area contributed by atoms with Crippen LogP contribution in [0.1, 0.15) is 113 Å². The second-order valence-electron chi connectivity index (χ2n) is 14.1. The van der Waals surface area contributed by atoms with Crippen molar-refractivity contribution in [2.45, 2.75) is 99.0 Å².